The highest BCUT2D eigenvalue weighted by molar-refractivity contribution is 8.00. The van der Waals surface area contributed by atoms with E-state index in [0.717, 1.165) is 11.8 Å². The van der Waals surface area contributed by atoms with Gasteiger partial charge in [-0.1, -0.05) is 13.8 Å². The molecule has 1 fully saturated rings. The van der Waals surface area contributed by atoms with E-state index in [-0.39, 0.29) is 38.4 Å². The standard InChI is InChI=1S/C21H36N3O11PS/c1-13(19(28)32-5)24-36(30)34-12-21(2,3)17(35-36)18(27)23-8-7-15(25)22-9-10-37-14(20(29)33-6)11-16(26)31-4/h13-14,17H,7-12H2,1-6H3,(H,22,25)(H,23,27)(H,24,30)/t13-,14?,17-,36?/m0/s1. The smallest absolute Gasteiger partial charge is 0.407 e. The first-order chi connectivity index (χ1) is 17.3. The van der Waals surface area contributed by atoms with Crippen LogP contribution in [0.1, 0.15) is 33.6 Å². The minimum Gasteiger partial charge on any atom is -0.469 e. The number of ether oxygens (including phenoxy) is 3. The summed E-state index contributed by atoms with van der Waals surface area (Å²) in [5, 5.41) is 6.93. The minimum absolute atomic E-state index is 0.0158. The van der Waals surface area contributed by atoms with E-state index >= 15 is 0 Å². The van der Waals surface area contributed by atoms with Crippen LogP contribution in [0.3, 0.4) is 0 Å². The molecule has 0 aliphatic carbocycles. The average Bonchev–Trinajstić information content (AvgIpc) is 2.86. The lowest BCUT2D eigenvalue weighted by molar-refractivity contribution is -0.146. The van der Waals surface area contributed by atoms with Crippen molar-refractivity contribution in [3.8, 4) is 0 Å². The second kappa shape index (κ2) is 15.3. The van der Waals surface area contributed by atoms with Crippen LogP contribution in [0.2, 0.25) is 0 Å². The molecular weight excluding hydrogens is 533 g/mol. The predicted molar refractivity (Wildman–Crippen MR) is 132 cm³/mol. The summed E-state index contributed by atoms with van der Waals surface area (Å²) < 4.78 is 37.5. The lowest BCUT2D eigenvalue weighted by Crippen LogP contribution is -2.51. The molecule has 0 bridgehead atoms. The van der Waals surface area contributed by atoms with Crippen LogP contribution in [0.15, 0.2) is 0 Å². The molecule has 37 heavy (non-hydrogen) atoms. The Balaban J connectivity index is 2.50. The highest BCUT2D eigenvalue weighted by atomic mass is 32.2. The normalized spacial score (nSPS) is 22.2. The molecule has 1 heterocycles. The average molecular weight is 570 g/mol. The fraction of sp³-hybridized carbons (Fsp3) is 0.762. The van der Waals surface area contributed by atoms with E-state index in [1.54, 1.807) is 13.8 Å². The maximum atomic E-state index is 12.9. The molecule has 1 aliphatic heterocycles. The van der Waals surface area contributed by atoms with Crippen molar-refractivity contribution in [2.24, 2.45) is 5.41 Å². The van der Waals surface area contributed by atoms with Crippen molar-refractivity contribution in [1.82, 2.24) is 15.7 Å². The Morgan fingerprint density at radius 2 is 1.68 bits per heavy atom. The number of amides is 2. The van der Waals surface area contributed by atoms with Gasteiger partial charge in [-0.05, 0) is 6.92 Å². The third kappa shape index (κ3) is 11.0. The van der Waals surface area contributed by atoms with Crippen molar-refractivity contribution in [2.45, 2.75) is 51.0 Å². The number of thioether (sulfide) groups is 1. The Morgan fingerprint density at radius 1 is 1.03 bits per heavy atom. The van der Waals surface area contributed by atoms with E-state index in [2.05, 4.69) is 29.9 Å². The van der Waals surface area contributed by atoms with Crippen LogP contribution in [0.4, 0.5) is 0 Å². The van der Waals surface area contributed by atoms with E-state index in [9.17, 15) is 28.5 Å². The zero-order valence-corrected chi connectivity index (χ0v) is 23.5. The topological polar surface area (TPSA) is 185 Å². The summed E-state index contributed by atoms with van der Waals surface area (Å²) in [6.07, 6.45) is -1.37. The third-order valence-corrected chi connectivity index (χ3v) is 8.01. The van der Waals surface area contributed by atoms with Gasteiger partial charge in [0.25, 0.3) is 0 Å². The Kier molecular flexibility index (Phi) is 13.6. The molecule has 16 heteroatoms. The highest BCUT2D eigenvalue weighted by Crippen LogP contribution is 2.53. The third-order valence-electron chi connectivity index (χ3n) is 5.14. The highest BCUT2D eigenvalue weighted by Gasteiger charge is 2.48. The monoisotopic (exact) mass is 569 g/mol. The molecular formula is C21H36N3O11PS. The minimum atomic E-state index is -3.98. The number of nitrogens with one attached hydrogen (secondary N) is 3. The Labute approximate surface area is 220 Å². The molecule has 0 aromatic heterocycles. The van der Waals surface area contributed by atoms with Gasteiger partial charge in [-0.2, -0.15) is 0 Å². The van der Waals surface area contributed by atoms with Crippen molar-refractivity contribution in [3.05, 3.63) is 0 Å². The van der Waals surface area contributed by atoms with Gasteiger partial charge in [-0.15, -0.1) is 11.8 Å². The van der Waals surface area contributed by atoms with Crippen molar-refractivity contribution >= 4 is 49.2 Å². The maximum Gasteiger partial charge on any atom is 0.407 e. The van der Waals surface area contributed by atoms with Gasteiger partial charge in [-0.3, -0.25) is 33.0 Å². The fourth-order valence-corrected chi connectivity index (χ4v) is 5.95. The van der Waals surface area contributed by atoms with Crippen molar-refractivity contribution in [2.75, 3.05) is 46.8 Å². The molecule has 0 spiro atoms. The number of methoxy groups -OCH3 is 3. The fourth-order valence-electron chi connectivity index (χ4n) is 3.02. The molecule has 1 rings (SSSR count). The van der Waals surface area contributed by atoms with Gasteiger partial charge in [0.2, 0.25) is 11.8 Å². The molecule has 4 atom stereocenters. The Bertz CT molecular complexity index is 886. The lowest BCUT2D eigenvalue weighted by atomic mass is 9.87. The van der Waals surface area contributed by atoms with Gasteiger partial charge in [0.05, 0.1) is 34.4 Å². The molecule has 1 aliphatic rings. The van der Waals surface area contributed by atoms with E-state index < -0.39 is 54.4 Å². The number of carbonyl (C=O) groups is 5. The molecule has 3 N–H and O–H groups in total. The summed E-state index contributed by atoms with van der Waals surface area (Å²) in [4.78, 5) is 59.7. The molecule has 0 saturated carbocycles. The summed E-state index contributed by atoms with van der Waals surface area (Å²) in [6, 6.07) is -0.994. The Morgan fingerprint density at radius 3 is 2.27 bits per heavy atom. The first-order valence-electron chi connectivity index (χ1n) is 11.4. The van der Waals surface area contributed by atoms with Crippen LogP contribution in [0.5, 0.6) is 0 Å². The predicted octanol–water partition coefficient (Wildman–Crippen LogP) is 0.148. The zero-order valence-electron chi connectivity index (χ0n) is 21.8. The van der Waals surface area contributed by atoms with Gasteiger partial charge in [0, 0.05) is 30.7 Å². The van der Waals surface area contributed by atoms with Crippen LogP contribution < -0.4 is 15.7 Å². The SMILES string of the molecule is COC(=O)CC(SCCNC(=O)CCNC(=O)[C@@H]1OP(=O)(N[C@@H](C)C(=O)OC)OCC1(C)C)C(=O)OC. The summed E-state index contributed by atoms with van der Waals surface area (Å²) in [5.74, 6) is -2.40. The summed E-state index contributed by atoms with van der Waals surface area (Å²) in [7, 11) is -0.367. The summed E-state index contributed by atoms with van der Waals surface area (Å²) in [6.45, 7) is 4.92. The molecule has 2 unspecified atom stereocenters. The van der Waals surface area contributed by atoms with Crippen LogP contribution in [0, 0.1) is 5.41 Å². The van der Waals surface area contributed by atoms with Crippen LogP contribution >= 0.6 is 19.5 Å². The molecule has 14 nitrogen and oxygen atoms in total. The number of hydrogen-bond donors (Lipinski definition) is 3. The van der Waals surface area contributed by atoms with E-state index in [1.165, 1.54) is 28.3 Å². The number of carbonyl (C=O) groups excluding carboxylic acids is 5. The summed E-state index contributed by atoms with van der Waals surface area (Å²) >= 11 is 1.14. The number of esters is 3. The number of rotatable bonds is 14. The van der Waals surface area contributed by atoms with Gasteiger partial charge >= 0.3 is 25.7 Å². The van der Waals surface area contributed by atoms with Crippen molar-refractivity contribution in [1.29, 1.82) is 0 Å². The maximum absolute atomic E-state index is 12.9. The van der Waals surface area contributed by atoms with Crippen LogP contribution in [-0.4, -0.2) is 93.9 Å². The Hall–Kier alpha value is -2.19. The number of hydrogen-bond acceptors (Lipinski definition) is 12. The quantitative estimate of drug-likeness (QED) is 0.111. The van der Waals surface area contributed by atoms with Gasteiger partial charge in [0.1, 0.15) is 11.3 Å². The first-order valence-corrected chi connectivity index (χ1v) is 14.0. The second-order valence-electron chi connectivity index (χ2n) is 8.67. The van der Waals surface area contributed by atoms with Gasteiger partial charge < -0.3 is 24.8 Å². The van der Waals surface area contributed by atoms with Gasteiger partial charge in [0.15, 0.2) is 6.10 Å². The molecule has 1 saturated heterocycles. The van der Waals surface area contributed by atoms with Crippen molar-refractivity contribution in [3.63, 3.8) is 0 Å². The zero-order chi connectivity index (χ0) is 28.2. The van der Waals surface area contributed by atoms with Gasteiger partial charge in [-0.25, -0.2) is 9.65 Å². The van der Waals surface area contributed by atoms with E-state index in [4.69, 9.17) is 9.05 Å². The molecule has 0 aromatic rings. The van der Waals surface area contributed by atoms with Crippen LogP contribution in [-0.2, 0) is 51.8 Å². The van der Waals surface area contributed by atoms with E-state index in [0.29, 0.717) is 5.75 Å². The molecule has 0 radical (unpaired) electrons. The molecule has 2 amide bonds. The largest absolute Gasteiger partial charge is 0.469 e. The molecule has 212 valence electrons. The van der Waals surface area contributed by atoms with E-state index in [1.807, 2.05) is 0 Å². The summed E-state index contributed by atoms with van der Waals surface area (Å²) in [5.41, 5.74) is -0.839. The van der Waals surface area contributed by atoms with Crippen molar-refractivity contribution < 1.29 is 51.8 Å². The second-order valence-corrected chi connectivity index (χ2v) is 11.7. The first kappa shape index (κ1) is 32.8. The lowest BCUT2D eigenvalue weighted by Gasteiger charge is -2.40. The van der Waals surface area contributed by atoms with Crippen LogP contribution in [0.25, 0.3) is 0 Å². The molecule has 0 aromatic carbocycles.